The molecule has 2 unspecified atom stereocenters. The van der Waals surface area contributed by atoms with Crippen LogP contribution >= 0.6 is 11.8 Å². The van der Waals surface area contributed by atoms with E-state index in [4.69, 9.17) is 4.74 Å². The molecule has 0 saturated heterocycles. The van der Waals surface area contributed by atoms with Gasteiger partial charge in [-0.2, -0.15) is 13.2 Å². The third-order valence-corrected chi connectivity index (χ3v) is 8.50. The van der Waals surface area contributed by atoms with Crippen LogP contribution in [0, 0.1) is 5.92 Å². The number of aliphatic imine (C=N–C) groups is 1. The number of nitrogens with one attached hydrogen (secondary N) is 5. The minimum Gasteiger partial charge on any atom is -0.444 e. The van der Waals surface area contributed by atoms with Gasteiger partial charge in [-0.3, -0.25) is 35.7 Å². The second-order valence-electron chi connectivity index (χ2n) is 12.3. The molecular weight excluding hydrogens is 653 g/mol. The van der Waals surface area contributed by atoms with Gasteiger partial charge < -0.3 is 15.4 Å². The molecule has 48 heavy (non-hydrogen) atoms. The molecule has 13 nitrogen and oxygen atoms in total. The number of thioether (sulfide) groups is 1. The van der Waals surface area contributed by atoms with Crippen molar-refractivity contribution < 1.29 is 37.1 Å². The summed E-state index contributed by atoms with van der Waals surface area (Å²) in [4.78, 5) is 63.3. The largest absolute Gasteiger partial charge is 0.444 e. The zero-order chi connectivity index (χ0) is 35.1. The van der Waals surface area contributed by atoms with Crippen molar-refractivity contribution in [2.24, 2.45) is 10.9 Å². The lowest BCUT2D eigenvalue weighted by molar-refractivity contribution is -0.141. The van der Waals surface area contributed by atoms with Crippen molar-refractivity contribution in [2.75, 3.05) is 17.6 Å². The Morgan fingerprint density at radius 2 is 1.75 bits per heavy atom. The summed E-state index contributed by atoms with van der Waals surface area (Å²) in [5.74, 6) is -1.79. The summed E-state index contributed by atoms with van der Waals surface area (Å²) >= 11 is 0.913. The van der Waals surface area contributed by atoms with Gasteiger partial charge in [-0.1, -0.05) is 19.3 Å². The van der Waals surface area contributed by atoms with Gasteiger partial charge in [0.05, 0.1) is 5.04 Å². The molecule has 1 fully saturated rings. The van der Waals surface area contributed by atoms with E-state index in [1.54, 1.807) is 27.7 Å². The third-order valence-electron chi connectivity index (χ3n) is 7.42. The lowest BCUT2D eigenvalue weighted by Gasteiger charge is -2.30. The van der Waals surface area contributed by atoms with E-state index in [1.165, 1.54) is 30.6 Å². The highest BCUT2D eigenvalue weighted by molar-refractivity contribution is 8.14. The quantitative estimate of drug-likeness (QED) is 0.242. The monoisotopic (exact) mass is 692 g/mol. The normalized spacial score (nSPS) is 17.5. The molecule has 5 N–H and O–H groups in total. The number of hydrazine groups is 1. The van der Waals surface area contributed by atoms with Gasteiger partial charge in [0.1, 0.15) is 23.2 Å². The number of rotatable bonds is 8. The number of anilines is 1. The summed E-state index contributed by atoms with van der Waals surface area (Å²) in [7, 11) is 0. The highest BCUT2D eigenvalue weighted by atomic mass is 32.2. The van der Waals surface area contributed by atoms with Crippen LogP contribution in [0.2, 0.25) is 0 Å². The molecule has 2 aromatic rings. The predicted molar refractivity (Wildman–Crippen MR) is 174 cm³/mol. The first-order chi connectivity index (χ1) is 22.6. The maximum atomic E-state index is 13.5. The van der Waals surface area contributed by atoms with Gasteiger partial charge in [0.2, 0.25) is 0 Å². The Hall–Kier alpha value is -4.41. The molecule has 260 valence electrons. The average Bonchev–Trinajstić information content (AvgIpc) is 3.53. The number of amides is 5. The molecule has 0 radical (unpaired) electrons. The van der Waals surface area contributed by atoms with Crippen LogP contribution in [-0.4, -0.2) is 75.1 Å². The fraction of sp³-hybridized carbons (Fsp3) is 0.516. The van der Waals surface area contributed by atoms with Gasteiger partial charge in [-0.25, -0.2) is 14.6 Å². The van der Waals surface area contributed by atoms with Crippen LogP contribution in [0.5, 0.6) is 0 Å². The second kappa shape index (κ2) is 15.7. The van der Waals surface area contributed by atoms with Crippen molar-refractivity contribution >= 4 is 46.6 Å². The molecule has 5 amide bonds. The Morgan fingerprint density at radius 1 is 1.02 bits per heavy atom. The molecule has 0 bridgehead atoms. The fourth-order valence-corrected chi connectivity index (χ4v) is 6.33. The molecule has 0 aromatic carbocycles. The Kier molecular flexibility index (Phi) is 11.9. The number of nitrogens with zero attached hydrogens (tertiary/aromatic N) is 3. The average molecular weight is 693 g/mol. The number of pyridine rings is 2. The van der Waals surface area contributed by atoms with Crippen molar-refractivity contribution in [3.8, 4) is 11.1 Å². The molecule has 0 spiro atoms. The van der Waals surface area contributed by atoms with Gasteiger partial charge in [-0.15, -0.1) is 11.8 Å². The molecule has 17 heteroatoms. The maximum Gasteiger partial charge on any atom is 0.411 e. The van der Waals surface area contributed by atoms with Crippen molar-refractivity contribution in [3.63, 3.8) is 0 Å². The zero-order valence-corrected chi connectivity index (χ0v) is 27.8. The van der Waals surface area contributed by atoms with Crippen LogP contribution in [0.15, 0.2) is 35.6 Å². The molecule has 1 aliphatic heterocycles. The van der Waals surface area contributed by atoms with Crippen LogP contribution < -0.4 is 26.8 Å². The second-order valence-corrected chi connectivity index (χ2v) is 13.3. The number of hydrogen-bond donors (Lipinski definition) is 5. The molecule has 3 heterocycles. The Labute approximate surface area is 280 Å². The van der Waals surface area contributed by atoms with E-state index in [1.807, 2.05) is 0 Å². The van der Waals surface area contributed by atoms with E-state index in [9.17, 15) is 32.3 Å². The predicted octanol–water partition coefficient (Wildman–Crippen LogP) is 4.94. The number of ether oxygens (including phenoxy) is 1. The first kappa shape index (κ1) is 36.4. The Morgan fingerprint density at radius 3 is 2.40 bits per heavy atom. The van der Waals surface area contributed by atoms with Crippen LogP contribution in [0.25, 0.3) is 11.1 Å². The van der Waals surface area contributed by atoms with E-state index < -0.39 is 47.8 Å². The number of aromatic nitrogens is 2. The molecule has 2 aliphatic rings. The number of alkyl halides is 3. The summed E-state index contributed by atoms with van der Waals surface area (Å²) in [5, 5.41) is 7.83. The van der Waals surface area contributed by atoms with E-state index in [-0.39, 0.29) is 33.8 Å². The van der Waals surface area contributed by atoms with Crippen molar-refractivity contribution in [1.82, 2.24) is 31.5 Å². The smallest absolute Gasteiger partial charge is 0.411 e. The highest BCUT2D eigenvalue weighted by Gasteiger charge is 2.43. The van der Waals surface area contributed by atoms with Crippen molar-refractivity contribution in [2.45, 2.75) is 83.7 Å². The summed E-state index contributed by atoms with van der Waals surface area (Å²) in [6.45, 7) is 7.19. The van der Waals surface area contributed by atoms with Crippen molar-refractivity contribution in [1.29, 1.82) is 0 Å². The van der Waals surface area contributed by atoms with Gasteiger partial charge in [-0.05, 0) is 70.2 Å². The lowest BCUT2D eigenvalue weighted by atomic mass is 9.83. The van der Waals surface area contributed by atoms with Crippen LogP contribution in [0.1, 0.15) is 75.9 Å². The van der Waals surface area contributed by atoms with Crippen LogP contribution in [0.4, 0.5) is 28.6 Å². The number of urea groups is 1. The Balaban J connectivity index is 1.55. The molecule has 1 aliphatic carbocycles. The number of hydrogen-bond acceptors (Lipinski definition) is 9. The standard InChI is InChI=1S/C31H39F3N8O5S/c1-5-35-28(45)39-23-14-19(27-38-22(16-48-27)31(32,33)34)20(15-37-23)18-11-12-36-21(13-18)25(43)41-42-26(44)24(17-9-7-6-8-10-17)40-29(46)47-30(2,3)4/h11-15,17,22,24H,5-10,16H2,1-4H3,(H,40,46)(H,41,43)(H,42,44)(H2,35,37,39,45). The lowest BCUT2D eigenvalue weighted by Crippen LogP contribution is -2.56. The van der Waals surface area contributed by atoms with E-state index in [0.29, 0.717) is 30.5 Å². The van der Waals surface area contributed by atoms with Gasteiger partial charge in [0.25, 0.3) is 11.8 Å². The molecule has 2 atom stereocenters. The SMILES string of the molecule is CCNC(=O)Nc1cc(C2=NC(C(F)(F)F)CS2)c(-c2ccnc(C(=O)NNC(=O)C(NC(=O)OC(C)(C)C)C3CCCCC3)c2)cn1. The Bertz CT molecular complexity index is 1540. The van der Waals surface area contributed by atoms with E-state index in [2.05, 4.69) is 41.8 Å². The first-order valence-corrected chi connectivity index (χ1v) is 16.5. The molecule has 1 saturated carbocycles. The minimum absolute atomic E-state index is 0.0840. The van der Waals surface area contributed by atoms with Gasteiger partial charge >= 0.3 is 18.3 Å². The molecule has 2 aromatic heterocycles. The minimum atomic E-state index is -4.53. The molecular formula is C31H39F3N8O5S. The van der Waals surface area contributed by atoms with E-state index >= 15 is 0 Å². The maximum absolute atomic E-state index is 13.5. The molecule has 4 rings (SSSR count). The number of carbonyl (C=O) groups excluding carboxylic acids is 4. The van der Waals surface area contributed by atoms with Crippen molar-refractivity contribution in [3.05, 3.63) is 41.9 Å². The van der Waals surface area contributed by atoms with Gasteiger partial charge in [0, 0.05) is 35.8 Å². The number of alkyl carbamates (subject to hydrolysis) is 1. The topological polar surface area (TPSA) is 176 Å². The fourth-order valence-electron chi connectivity index (χ4n) is 5.22. The summed E-state index contributed by atoms with van der Waals surface area (Å²) in [6.07, 6.45) is 1.65. The highest BCUT2D eigenvalue weighted by Crippen LogP contribution is 2.37. The van der Waals surface area contributed by atoms with Crippen LogP contribution in [0.3, 0.4) is 0 Å². The summed E-state index contributed by atoms with van der Waals surface area (Å²) in [6, 6.07) is 0.942. The summed E-state index contributed by atoms with van der Waals surface area (Å²) in [5.41, 5.74) is 4.80. The number of carbonyl (C=O) groups is 4. The third kappa shape index (κ3) is 10.0. The summed E-state index contributed by atoms with van der Waals surface area (Å²) < 4.78 is 45.7. The number of halogens is 3. The van der Waals surface area contributed by atoms with Gasteiger partial charge in [0.15, 0.2) is 6.04 Å². The first-order valence-electron chi connectivity index (χ1n) is 15.5. The van der Waals surface area contributed by atoms with E-state index in [0.717, 1.165) is 31.0 Å². The zero-order valence-electron chi connectivity index (χ0n) is 27.0. The van der Waals surface area contributed by atoms with Crippen LogP contribution in [-0.2, 0) is 9.53 Å².